The minimum Gasteiger partial charge on any atom is -0.456 e. The van der Waals surface area contributed by atoms with Crippen molar-refractivity contribution < 1.29 is 23.1 Å². The molecule has 0 bridgehead atoms. The van der Waals surface area contributed by atoms with Crippen molar-refractivity contribution in [2.75, 3.05) is 0 Å². The lowest BCUT2D eigenvalue weighted by Gasteiger charge is -2.19. The van der Waals surface area contributed by atoms with Crippen molar-refractivity contribution in [3.63, 3.8) is 0 Å². The molecule has 0 fully saturated rings. The quantitative estimate of drug-likeness (QED) is 0.819. The Labute approximate surface area is 150 Å². The Morgan fingerprint density at radius 3 is 2.27 bits per heavy atom. The maximum Gasteiger partial charge on any atom is 0.340 e. The molecule has 26 heavy (non-hydrogen) atoms. The molecule has 1 aromatic carbocycles. The monoisotopic (exact) mass is 362 g/mol. The average molecular weight is 362 g/mol. The third kappa shape index (κ3) is 5.61. The first kappa shape index (κ1) is 19.5. The molecular weight excluding hydrogens is 342 g/mol. The highest BCUT2D eigenvalue weighted by Gasteiger charge is 2.18. The number of pyridine rings is 1. The van der Waals surface area contributed by atoms with Crippen molar-refractivity contribution in [1.82, 2.24) is 10.3 Å². The number of aromatic nitrogens is 1. The van der Waals surface area contributed by atoms with Gasteiger partial charge in [-0.2, -0.15) is 0 Å². The third-order valence-electron chi connectivity index (χ3n) is 3.32. The fourth-order valence-corrected chi connectivity index (χ4v) is 2.04. The lowest BCUT2D eigenvalue weighted by Crippen LogP contribution is -2.25. The van der Waals surface area contributed by atoms with Crippen molar-refractivity contribution in [3.8, 4) is 0 Å². The summed E-state index contributed by atoms with van der Waals surface area (Å²) in [5, 5.41) is 2.65. The topological polar surface area (TPSA) is 68.3 Å². The van der Waals surface area contributed by atoms with Gasteiger partial charge in [0.15, 0.2) is 0 Å². The molecule has 0 aliphatic heterocycles. The molecule has 0 aliphatic carbocycles. The van der Waals surface area contributed by atoms with Gasteiger partial charge in [0.2, 0.25) is 0 Å². The molecule has 0 aliphatic rings. The summed E-state index contributed by atoms with van der Waals surface area (Å²) < 4.78 is 30.2. The predicted octanol–water partition coefficient (Wildman–Crippen LogP) is 3.90. The van der Waals surface area contributed by atoms with Crippen LogP contribution in [0.1, 0.15) is 59.2 Å². The molecule has 0 radical (unpaired) electrons. The number of rotatable bonds is 5. The van der Waals surface area contributed by atoms with E-state index in [0.717, 1.165) is 0 Å². The van der Waals surface area contributed by atoms with Crippen molar-refractivity contribution >= 4 is 11.9 Å². The van der Waals surface area contributed by atoms with Crippen LogP contribution in [0.25, 0.3) is 0 Å². The Morgan fingerprint density at radius 2 is 1.77 bits per heavy atom. The molecule has 1 heterocycles. The summed E-state index contributed by atoms with van der Waals surface area (Å²) >= 11 is 0. The standard InChI is InChI=1S/C19H20F2N2O3/c1-19(2,3)26-18(25)14-8-9-15(22-11-14)17(24)23-10-12-4-6-13(7-5-12)16(20)21/h4-9,11,16H,10H2,1-3H3,(H,23,24). The summed E-state index contributed by atoms with van der Waals surface area (Å²) in [6.07, 6.45) is -1.24. The van der Waals surface area contributed by atoms with Gasteiger partial charge < -0.3 is 10.1 Å². The van der Waals surface area contributed by atoms with Gasteiger partial charge in [-0.25, -0.2) is 13.6 Å². The van der Waals surface area contributed by atoms with Crippen molar-refractivity contribution in [2.45, 2.75) is 39.3 Å². The molecule has 0 unspecified atom stereocenters. The average Bonchev–Trinajstić information content (AvgIpc) is 2.58. The molecule has 138 valence electrons. The van der Waals surface area contributed by atoms with E-state index in [9.17, 15) is 18.4 Å². The molecule has 5 nitrogen and oxygen atoms in total. The highest BCUT2D eigenvalue weighted by Crippen LogP contribution is 2.18. The SMILES string of the molecule is CC(C)(C)OC(=O)c1ccc(C(=O)NCc2ccc(C(F)F)cc2)nc1. The van der Waals surface area contributed by atoms with Gasteiger partial charge in [-0.05, 0) is 38.5 Å². The number of carbonyl (C=O) groups is 2. The summed E-state index contributed by atoms with van der Waals surface area (Å²) in [7, 11) is 0. The molecule has 0 atom stereocenters. The fourth-order valence-electron chi connectivity index (χ4n) is 2.04. The molecule has 7 heteroatoms. The second kappa shape index (κ2) is 8.03. The number of ether oxygens (including phenoxy) is 1. The molecule has 0 saturated carbocycles. The zero-order valence-electron chi connectivity index (χ0n) is 14.8. The van der Waals surface area contributed by atoms with Gasteiger partial charge in [0, 0.05) is 18.3 Å². The summed E-state index contributed by atoms with van der Waals surface area (Å²) in [6.45, 7) is 5.45. The van der Waals surface area contributed by atoms with E-state index in [0.29, 0.717) is 5.56 Å². The Kier molecular flexibility index (Phi) is 6.02. The minimum absolute atomic E-state index is 0.0699. The third-order valence-corrected chi connectivity index (χ3v) is 3.32. The number of halogens is 2. The summed E-state index contributed by atoms with van der Waals surface area (Å²) in [5.41, 5.74) is 0.390. The van der Waals surface area contributed by atoms with Crippen molar-refractivity contribution in [2.24, 2.45) is 0 Å². The van der Waals surface area contributed by atoms with Crippen LogP contribution in [0, 0.1) is 0 Å². The van der Waals surface area contributed by atoms with Gasteiger partial charge in [0.05, 0.1) is 5.56 Å². The lowest BCUT2D eigenvalue weighted by molar-refractivity contribution is 0.00688. The number of nitrogens with one attached hydrogen (secondary N) is 1. The maximum atomic E-state index is 12.5. The molecule has 0 spiro atoms. The largest absolute Gasteiger partial charge is 0.456 e. The van der Waals surface area contributed by atoms with Gasteiger partial charge in [-0.1, -0.05) is 24.3 Å². The number of hydrogen-bond donors (Lipinski definition) is 1. The van der Waals surface area contributed by atoms with Crippen molar-refractivity contribution in [3.05, 3.63) is 65.0 Å². The number of benzene rings is 1. The maximum absolute atomic E-state index is 12.5. The van der Waals surface area contributed by atoms with Crippen LogP contribution in [0.5, 0.6) is 0 Å². The van der Waals surface area contributed by atoms with Gasteiger partial charge in [-0.3, -0.25) is 9.78 Å². The van der Waals surface area contributed by atoms with E-state index in [-0.39, 0.29) is 23.4 Å². The Hall–Kier alpha value is -2.83. The Bertz CT molecular complexity index is 767. The molecule has 1 amide bonds. The van der Waals surface area contributed by atoms with E-state index in [4.69, 9.17) is 4.74 Å². The van der Waals surface area contributed by atoms with Crippen molar-refractivity contribution in [1.29, 1.82) is 0 Å². The zero-order valence-corrected chi connectivity index (χ0v) is 14.8. The van der Waals surface area contributed by atoms with E-state index in [1.807, 2.05) is 0 Å². The van der Waals surface area contributed by atoms with Crippen LogP contribution >= 0.6 is 0 Å². The number of amides is 1. The molecule has 1 aromatic heterocycles. The highest BCUT2D eigenvalue weighted by molar-refractivity contribution is 5.94. The van der Waals surface area contributed by atoms with Crippen LogP contribution in [0.15, 0.2) is 42.6 Å². The number of esters is 1. The van der Waals surface area contributed by atoms with Crippen LogP contribution in [0.3, 0.4) is 0 Å². The second-order valence-electron chi connectivity index (χ2n) is 6.66. The first-order chi connectivity index (χ1) is 12.2. The van der Waals surface area contributed by atoms with Crippen LogP contribution in [-0.2, 0) is 11.3 Å². The Balaban J connectivity index is 1.94. The molecule has 1 N–H and O–H groups in total. The molecular formula is C19H20F2N2O3. The van der Waals surface area contributed by atoms with E-state index < -0.39 is 23.9 Å². The van der Waals surface area contributed by atoms with Crippen LogP contribution in [0.2, 0.25) is 0 Å². The molecule has 2 aromatic rings. The van der Waals surface area contributed by atoms with Gasteiger partial charge in [-0.15, -0.1) is 0 Å². The first-order valence-electron chi connectivity index (χ1n) is 8.00. The van der Waals surface area contributed by atoms with Gasteiger partial charge in [0.25, 0.3) is 12.3 Å². The smallest absolute Gasteiger partial charge is 0.340 e. The van der Waals surface area contributed by atoms with E-state index in [1.54, 1.807) is 20.8 Å². The molecule has 0 saturated heterocycles. The van der Waals surface area contributed by atoms with Crippen LogP contribution in [-0.4, -0.2) is 22.5 Å². The zero-order chi connectivity index (χ0) is 19.3. The van der Waals surface area contributed by atoms with Crippen LogP contribution < -0.4 is 5.32 Å². The normalized spacial score (nSPS) is 11.3. The Morgan fingerprint density at radius 1 is 1.12 bits per heavy atom. The van der Waals surface area contributed by atoms with E-state index in [1.165, 1.54) is 42.6 Å². The predicted molar refractivity (Wildman–Crippen MR) is 92.0 cm³/mol. The first-order valence-corrected chi connectivity index (χ1v) is 8.00. The van der Waals surface area contributed by atoms with E-state index >= 15 is 0 Å². The second-order valence-corrected chi connectivity index (χ2v) is 6.66. The number of alkyl halides is 2. The minimum atomic E-state index is -2.52. The van der Waals surface area contributed by atoms with Crippen LogP contribution in [0.4, 0.5) is 8.78 Å². The number of carbonyl (C=O) groups excluding carboxylic acids is 2. The summed E-state index contributed by atoms with van der Waals surface area (Å²) in [5.74, 6) is -0.949. The van der Waals surface area contributed by atoms with E-state index in [2.05, 4.69) is 10.3 Å². The lowest BCUT2D eigenvalue weighted by atomic mass is 10.1. The molecule has 2 rings (SSSR count). The van der Waals surface area contributed by atoms with Gasteiger partial charge in [0.1, 0.15) is 11.3 Å². The summed E-state index contributed by atoms with van der Waals surface area (Å²) in [6, 6.07) is 8.59. The fraction of sp³-hybridized carbons (Fsp3) is 0.316. The highest BCUT2D eigenvalue weighted by atomic mass is 19.3. The summed E-state index contributed by atoms with van der Waals surface area (Å²) in [4.78, 5) is 28.0. The number of hydrogen-bond acceptors (Lipinski definition) is 4. The number of nitrogens with zero attached hydrogens (tertiary/aromatic N) is 1. The van der Waals surface area contributed by atoms with Gasteiger partial charge >= 0.3 is 5.97 Å².